The normalized spacial score (nSPS) is 16.9. The molecule has 188 valence electrons. The van der Waals surface area contributed by atoms with Gasteiger partial charge in [0.15, 0.2) is 0 Å². The van der Waals surface area contributed by atoms with Crippen LogP contribution in [0.5, 0.6) is 11.5 Å². The number of hydrogen-bond donors (Lipinski definition) is 2. The second kappa shape index (κ2) is 10.0. The summed E-state index contributed by atoms with van der Waals surface area (Å²) in [5.74, 6) is -0.360. The van der Waals surface area contributed by atoms with Gasteiger partial charge in [-0.3, -0.25) is 9.59 Å². The van der Waals surface area contributed by atoms with Crippen molar-refractivity contribution in [1.29, 1.82) is 0 Å². The molecule has 8 heteroatoms. The number of H-pyrrole nitrogens is 1. The Morgan fingerprint density at radius 1 is 1.00 bits per heavy atom. The highest BCUT2D eigenvalue weighted by Gasteiger charge is 2.46. The van der Waals surface area contributed by atoms with E-state index in [9.17, 15) is 14.7 Å². The lowest BCUT2D eigenvalue weighted by molar-refractivity contribution is -0.139. The van der Waals surface area contributed by atoms with Crippen molar-refractivity contribution in [3.8, 4) is 11.5 Å². The molecule has 1 saturated heterocycles. The summed E-state index contributed by atoms with van der Waals surface area (Å²) in [5.41, 5.74) is 2.89. The van der Waals surface area contributed by atoms with Crippen LogP contribution in [-0.4, -0.2) is 47.4 Å². The zero-order valence-electron chi connectivity index (χ0n) is 20.3. The number of nitrogens with one attached hydrogen (secondary N) is 1. The van der Waals surface area contributed by atoms with Crippen LogP contribution in [0.1, 0.15) is 22.7 Å². The van der Waals surface area contributed by atoms with Gasteiger partial charge in [0.1, 0.15) is 17.3 Å². The minimum absolute atomic E-state index is 0.00358. The number of likely N-dealkylation sites (tertiary alicyclic amines) is 1. The van der Waals surface area contributed by atoms with Gasteiger partial charge in [0.2, 0.25) is 0 Å². The number of amides is 1. The molecule has 0 spiro atoms. The summed E-state index contributed by atoms with van der Waals surface area (Å²) >= 11 is 6.54. The first-order chi connectivity index (χ1) is 17.9. The van der Waals surface area contributed by atoms with Crippen molar-refractivity contribution in [1.82, 2.24) is 9.88 Å². The fourth-order valence-electron chi connectivity index (χ4n) is 4.77. The summed E-state index contributed by atoms with van der Waals surface area (Å²) < 4.78 is 10.6. The van der Waals surface area contributed by atoms with Crippen LogP contribution < -0.4 is 9.47 Å². The number of aromatic amines is 1. The highest BCUT2D eigenvalue weighted by atomic mass is 35.5. The summed E-state index contributed by atoms with van der Waals surface area (Å²) in [5, 5.41) is 12.6. The van der Waals surface area contributed by atoms with Crippen molar-refractivity contribution in [3.05, 3.63) is 100 Å². The number of hydrogen-bond acceptors (Lipinski definition) is 5. The van der Waals surface area contributed by atoms with Crippen molar-refractivity contribution in [3.63, 3.8) is 0 Å². The Hall–Kier alpha value is -4.23. The lowest BCUT2D eigenvalue weighted by atomic mass is 9.95. The minimum Gasteiger partial charge on any atom is -0.507 e. The molecule has 1 atom stereocenters. The Kier molecular flexibility index (Phi) is 6.63. The third-order valence-corrected chi connectivity index (χ3v) is 7.04. The number of aliphatic hydroxyl groups is 1. The molecule has 2 heterocycles. The van der Waals surface area contributed by atoms with Crippen molar-refractivity contribution >= 4 is 40.0 Å². The number of carbonyl (C=O) groups excluding carboxylic acids is 2. The molecule has 5 rings (SSSR count). The van der Waals surface area contributed by atoms with E-state index in [1.807, 2.05) is 24.4 Å². The third-order valence-electron chi connectivity index (χ3n) is 6.70. The first kappa shape index (κ1) is 24.5. The number of halogens is 1. The van der Waals surface area contributed by atoms with Gasteiger partial charge in [-0.05, 0) is 66.1 Å². The molecule has 37 heavy (non-hydrogen) atoms. The van der Waals surface area contributed by atoms with Crippen LogP contribution in [0.3, 0.4) is 0 Å². The van der Waals surface area contributed by atoms with E-state index in [4.69, 9.17) is 21.1 Å². The molecule has 1 unspecified atom stereocenters. The number of Topliss-reactive ketones (excluding diaryl/α,β-unsaturated/α-hetero) is 1. The number of aromatic nitrogens is 1. The van der Waals surface area contributed by atoms with Crippen molar-refractivity contribution < 1.29 is 24.2 Å². The lowest BCUT2D eigenvalue weighted by Gasteiger charge is -2.26. The summed E-state index contributed by atoms with van der Waals surface area (Å²) in [6.45, 7) is 0.240. The highest BCUT2D eigenvalue weighted by molar-refractivity contribution is 6.47. The van der Waals surface area contributed by atoms with Gasteiger partial charge in [-0.25, -0.2) is 0 Å². The van der Waals surface area contributed by atoms with Gasteiger partial charge in [0.25, 0.3) is 11.7 Å². The number of benzene rings is 3. The maximum atomic E-state index is 13.3. The number of ketones is 1. The van der Waals surface area contributed by atoms with E-state index in [1.165, 1.54) is 4.90 Å². The number of ether oxygens (including phenoxy) is 2. The maximum absolute atomic E-state index is 13.3. The van der Waals surface area contributed by atoms with E-state index in [2.05, 4.69) is 4.98 Å². The Balaban J connectivity index is 1.56. The molecule has 0 saturated carbocycles. The summed E-state index contributed by atoms with van der Waals surface area (Å²) in [6, 6.07) is 18.6. The van der Waals surface area contributed by atoms with Crippen LogP contribution in [0, 0.1) is 0 Å². The van der Waals surface area contributed by atoms with Crippen LogP contribution in [0.15, 0.2) is 78.5 Å². The molecule has 3 aromatic carbocycles. The van der Waals surface area contributed by atoms with Crippen LogP contribution in [0.2, 0.25) is 5.02 Å². The predicted octanol–water partition coefficient (Wildman–Crippen LogP) is 5.50. The first-order valence-corrected chi connectivity index (χ1v) is 12.1. The summed E-state index contributed by atoms with van der Waals surface area (Å²) in [4.78, 5) is 31.3. The molecule has 4 aromatic rings. The molecular formula is C29H25ClN2O5. The number of fused-ring (bicyclic) bond motifs is 1. The topological polar surface area (TPSA) is 91.9 Å². The smallest absolute Gasteiger partial charge is 0.295 e. The van der Waals surface area contributed by atoms with Gasteiger partial charge in [-0.15, -0.1) is 0 Å². The van der Waals surface area contributed by atoms with Gasteiger partial charge >= 0.3 is 0 Å². The molecule has 1 amide bonds. The Labute approximate surface area is 218 Å². The van der Waals surface area contributed by atoms with Crippen molar-refractivity contribution in [2.24, 2.45) is 0 Å². The highest BCUT2D eigenvalue weighted by Crippen LogP contribution is 2.42. The quantitative estimate of drug-likeness (QED) is 0.192. The Bertz CT molecular complexity index is 1520. The van der Waals surface area contributed by atoms with Gasteiger partial charge in [-0.2, -0.15) is 0 Å². The summed E-state index contributed by atoms with van der Waals surface area (Å²) in [6.07, 6.45) is 2.37. The van der Waals surface area contributed by atoms with Gasteiger partial charge in [-0.1, -0.05) is 29.8 Å². The van der Waals surface area contributed by atoms with Crippen molar-refractivity contribution in [2.45, 2.75) is 12.5 Å². The second-order valence-corrected chi connectivity index (χ2v) is 9.13. The van der Waals surface area contributed by atoms with Gasteiger partial charge < -0.3 is 24.5 Å². The Morgan fingerprint density at radius 2 is 1.70 bits per heavy atom. The van der Waals surface area contributed by atoms with Crippen molar-refractivity contribution in [2.75, 3.05) is 20.8 Å². The summed E-state index contributed by atoms with van der Waals surface area (Å²) in [7, 11) is 3.15. The Morgan fingerprint density at radius 3 is 2.41 bits per heavy atom. The predicted molar refractivity (Wildman–Crippen MR) is 142 cm³/mol. The maximum Gasteiger partial charge on any atom is 0.295 e. The molecule has 1 aliphatic heterocycles. The van der Waals surface area contributed by atoms with E-state index in [1.54, 1.807) is 62.8 Å². The molecule has 1 aliphatic rings. The zero-order valence-corrected chi connectivity index (χ0v) is 21.1. The van der Waals surface area contributed by atoms with Crippen LogP contribution in [0.25, 0.3) is 16.7 Å². The van der Waals surface area contributed by atoms with Gasteiger partial charge in [0.05, 0.1) is 25.8 Å². The lowest BCUT2D eigenvalue weighted by Crippen LogP contribution is -2.31. The fraction of sp³-hybridized carbons (Fsp3) is 0.172. The average molecular weight is 517 g/mol. The largest absolute Gasteiger partial charge is 0.507 e. The van der Waals surface area contributed by atoms with E-state index in [-0.39, 0.29) is 17.9 Å². The average Bonchev–Trinajstić information content (AvgIpc) is 3.44. The third kappa shape index (κ3) is 4.42. The van der Waals surface area contributed by atoms with Crippen LogP contribution >= 0.6 is 11.6 Å². The monoisotopic (exact) mass is 516 g/mol. The molecule has 1 fully saturated rings. The zero-order chi connectivity index (χ0) is 26.1. The number of aliphatic hydroxyl groups excluding tert-OH is 1. The first-order valence-electron chi connectivity index (χ1n) is 11.7. The fourth-order valence-corrected chi connectivity index (χ4v) is 5.01. The standard InChI is InChI=1S/C29H25ClN2O5/c1-36-19-9-7-17(8-10-19)27(33)25-26(21-5-3-4-6-23(21)30)32(29(35)28(25)34)14-13-18-16-31-24-12-11-20(37-2)15-22(18)24/h3-12,15-16,26,31,33H,13-14H2,1-2H3/b27-25-. The molecule has 0 aliphatic carbocycles. The second-order valence-electron chi connectivity index (χ2n) is 8.72. The van der Waals surface area contributed by atoms with Crippen LogP contribution in [-0.2, 0) is 16.0 Å². The number of nitrogens with zero attached hydrogens (tertiary/aromatic N) is 1. The number of methoxy groups -OCH3 is 2. The SMILES string of the molecule is COc1ccc(/C(O)=C2/C(=O)C(=O)N(CCc3c[nH]c4ccc(OC)cc34)C2c2ccccc2Cl)cc1. The molecule has 1 aromatic heterocycles. The molecule has 0 bridgehead atoms. The van der Waals surface area contributed by atoms with E-state index >= 15 is 0 Å². The molecule has 2 N–H and O–H groups in total. The molecule has 7 nitrogen and oxygen atoms in total. The molecule has 0 radical (unpaired) electrons. The van der Waals surface area contributed by atoms with E-state index < -0.39 is 17.7 Å². The van der Waals surface area contributed by atoms with Crippen LogP contribution in [0.4, 0.5) is 0 Å². The van der Waals surface area contributed by atoms with E-state index in [0.29, 0.717) is 28.3 Å². The van der Waals surface area contributed by atoms with Gasteiger partial charge in [0, 0.05) is 34.2 Å². The molecular weight excluding hydrogens is 492 g/mol. The number of rotatable bonds is 7. The minimum atomic E-state index is -0.837. The number of carbonyl (C=O) groups is 2. The van der Waals surface area contributed by atoms with E-state index in [0.717, 1.165) is 22.2 Å².